The van der Waals surface area contributed by atoms with Gasteiger partial charge < -0.3 is 14.5 Å². The van der Waals surface area contributed by atoms with E-state index in [2.05, 4.69) is 28.1 Å². The van der Waals surface area contributed by atoms with E-state index < -0.39 is 0 Å². The first kappa shape index (κ1) is 18.8. The van der Waals surface area contributed by atoms with Gasteiger partial charge in [-0.1, -0.05) is 28.1 Å². The van der Waals surface area contributed by atoms with Crippen molar-refractivity contribution in [1.82, 2.24) is 9.80 Å². The molecule has 132 valence electrons. The van der Waals surface area contributed by atoms with Crippen LogP contribution in [0.2, 0.25) is 0 Å². The van der Waals surface area contributed by atoms with Crippen molar-refractivity contribution in [2.24, 2.45) is 0 Å². The zero-order valence-electron chi connectivity index (χ0n) is 14.2. The molecule has 0 bridgehead atoms. The normalized spacial score (nSPS) is 14.6. The van der Waals surface area contributed by atoms with E-state index in [1.54, 1.807) is 11.8 Å². The Hall–Kier alpha value is -1.56. The number of aryl methyl sites for hydroxylation is 1. The molecule has 2 amide bonds. The van der Waals surface area contributed by atoms with E-state index in [9.17, 15) is 9.59 Å². The summed E-state index contributed by atoms with van der Waals surface area (Å²) in [4.78, 5) is 27.4. The third-order valence-corrected chi connectivity index (χ3v) is 4.71. The van der Waals surface area contributed by atoms with Crippen LogP contribution in [0.5, 0.6) is 0 Å². The lowest BCUT2D eigenvalue weighted by molar-refractivity contribution is -0.132. The standard InChI is InChI=1S/C18H25BrN2O3/c1-2-24-18(23)21-13-11-20(12-14-21)17(22)6-4-3-5-15-7-9-16(19)10-8-15/h7-10H,2-6,11-14H2,1H3. The molecule has 1 aliphatic heterocycles. The average molecular weight is 397 g/mol. The Balaban J connectivity index is 1.63. The fourth-order valence-corrected chi connectivity index (χ4v) is 3.03. The fourth-order valence-electron chi connectivity index (χ4n) is 2.77. The van der Waals surface area contributed by atoms with Crippen LogP contribution in [0, 0.1) is 0 Å². The van der Waals surface area contributed by atoms with Crippen molar-refractivity contribution in [2.75, 3.05) is 32.8 Å². The van der Waals surface area contributed by atoms with Crippen LogP contribution in [0.1, 0.15) is 31.7 Å². The number of benzene rings is 1. The number of carbonyl (C=O) groups is 2. The van der Waals surface area contributed by atoms with Crippen LogP contribution in [-0.4, -0.2) is 54.6 Å². The van der Waals surface area contributed by atoms with Gasteiger partial charge in [-0.2, -0.15) is 0 Å². The molecule has 6 heteroatoms. The van der Waals surface area contributed by atoms with Gasteiger partial charge in [-0.05, 0) is 43.9 Å². The summed E-state index contributed by atoms with van der Waals surface area (Å²) in [6.07, 6.45) is 3.20. The van der Waals surface area contributed by atoms with Crippen LogP contribution in [0.3, 0.4) is 0 Å². The molecule has 0 aliphatic carbocycles. The van der Waals surface area contributed by atoms with Gasteiger partial charge in [0.25, 0.3) is 0 Å². The SMILES string of the molecule is CCOC(=O)N1CCN(C(=O)CCCCc2ccc(Br)cc2)CC1. The minimum absolute atomic E-state index is 0.189. The topological polar surface area (TPSA) is 49.9 Å². The summed E-state index contributed by atoms with van der Waals surface area (Å²) in [7, 11) is 0. The van der Waals surface area contributed by atoms with E-state index in [4.69, 9.17) is 4.74 Å². The van der Waals surface area contributed by atoms with E-state index in [0.717, 1.165) is 23.7 Å². The smallest absolute Gasteiger partial charge is 0.409 e. The van der Waals surface area contributed by atoms with Gasteiger partial charge in [0.1, 0.15) is 0 Å². The maximum atomic E-state index is 12.2. The highest BCUT2D eigenvalue weighted by Gasteiger charge is 2.24. The monoisotopic (exact) mass is 396 g/mol. The molecule has 1 heterocycles. The van der Waals surface area contributed by atoms with E-state index in [-0.39, 0.29) is 12.0 Å². The van der Waals surface area contributed by atoms with Crippen molar-refractivity contribution in [2.45, 2.75) is 32.6 Å². The van der Waals surface area contributed by atoms with Crippen LogP contribution in [0.25, 0.3) is 0 Å². The van der Waals surface area contributed by atoms with E-state index in [1.165, 1.54) is 5.56 Å². The number of halogens is 1. The van der Waals surface area contributed by atoms with E-state index >= 15 is 0 Å². The molecule has 5 nitrogen and oxygen atoms in total. The third kappa shape index (κ3) is 5.82. The van der Waals surface area contributed by atoms with E-state index in [1.807, 2.05) is 17.0 Å². The minimum atomic E-state index is -0.279. The number of hydrogen-bond donors (Lipinski definition) is 0. The van der Waals surface area contributed by atoms with Crippen molar-refractivity contribution in [1.29, 1.82) is 0 Å². The van der Waals surface area contributed by atoms with Crippen molar-refractivity contribution in [3.63, 3.8) is 0 Å². The molecular formula is C18H25BrN2O3. The first-order valence-corrected chi connectivity index (χ1v) is 9.33. The average Bonchev–Trinajstić information content (AvgIpc) is 2.60. The van der Waals surface area contributed by atoms with Gasteiger partial charge >= 0.3 is 6.09 Å². The molecule has 2 rings (SSSR count). The second kappa shape index (κ2) is 9.67. The Bertz CT molecular complexity index is 540. The molecular weight excluding hydrogens is 372 g/mol. The molecule has 1 aliphatic rings. The molecule has 0 spiro atoms. The molecule has 1 aromatic rings. The molecule has 0 unspecified atom stereocenters. The number of piperazine rings is 1. The van der Waals surface area contributed by atoms with Crippen LogP contribution < -0.4 is 0 Å². The first-order valence-electron chi connectivity index (χ1n) is 8.54. The summed E-state index contributed by atoms with van der Waals surface area (Å²) in [5.41, 5.74) is 1.30. The van der Waals surface area contributed by atoms with Gasteiger partial charge in [0.2, 0.25) is 5.91 Å². The predicted octanol–water partition coefficient (Wildman–Crippen LogP) is 3.46. The van der Waals surface area contributed by atoms with Gasteiger partial charge in [-0.25, -0.2) is 4.79 Å². The highest BCUT2D eigenvalue weighted by atomic mass is 79.9. The molecule has 0 N–H and O–H groups in total. The van der Waals surface area contributed by atoms with Crippen LogP contribution in [0.15, 0.2) is 28.7 Å². The third-order valence-electron chi connectivity index (χ3n) is 4.18. The summed E-state index contributed by atoms with van der Waals surface area (Å²) in [6.45, 7) is 4.50. The summed E-state index contributed by atoms with van der Waals surface area (Å²) in [6, 6.07) is 8.31. The highest BCUT2D eigenvalue weighted by Crippen LogP contribution is 2.13. The Labute approximate surface area is 152 Å². The second-order valence-corrected chi connectivity index (χ2v) is 6.82. The number of unbranched alkanes of at least 4 members (excludes halogenated alkanes) is 1. The largest absolute Gasteiger partial charge is 0.450 e. The Morgan fingerprint density at radius 2 is 1.67 bits per heavy atom. The second-order valence-electron chi connectivity index (χ2n) is 5.90. The molecule has 1 fully saturated rings. The lowest BCUT2D eigenvalue weighted by Gasteiger charge is -2.34. The fraction of sp³-hybridized carbons (Fsp3) is 0.556. The molecule has 0 radical (unpaired) electrons. The van der Waals surface area contributed by atoms with Crippen LogP contribution in [0.4, 0.5) is 4.79 Å². The summed E-state index contributed by atoms with van der Waals surface area (Å²) in [5.74, 6) is 0.189. The van der Waals surface area contributed by atoms with E-state index in [0.29, 0.717) is 39.2 Å². The zero-order valence-corrected chi connectivity index (χ0v) is 15.8. The maximum absolute atomic E-state index is 12.2. The summed E-state index contributed by atoms with van der Waals surface area (Å²) < 4.78 is 6.07. The maximum Gasteiger partial charge on any atom is 0.409 e. The lowest BCUT2D eigenvalue weighted by atomic mass is 10.1. The van der Waals surface area contributed by atoms with Gasteiger partial charge in [-0.3, -0.25) is 4.79 Å². The Morgan fingerprint density at radius 1 is 1.04 bits per heavy atom. The van der Waals surface area contributed by atoms with Gasteiger partial charge in [0.15, 0.2) is 0 Å². The van der Waals surface area contributed by atoms with Crippen molar-refractivity contribution in [3.8, 4) is 0 Å². The van der Waals surface area contributed by atoms with Gasteiger partial charge in [0.05, 0.1) is 6.61 Å². The number of ether oxygens (including phenoxy) is 1. The van der Waals surface area contributed by atoms with Crippen molar-refractivity contribution < 1.29 is 14.3 Å². The number of hydrogen-bond acceptors (Lipinski definition) is 3. The number of rotatable bonds is 6. The molecule has 1 saturated heterocycles. The highest BCUT2D eigenvalue weighted by molar-refractivity contribution is 9.10. The van der Waals surface area contributed by atoms with Crippen LogP contribution >= 0.6 is 15.9 Å². The predicted molar refractivity (Wildman–Crippen MR) is 96.9 cm³/mol. The first-order chi connectivity index (χ1) is 11.6. The number of nitrogens with zero attached hydrogens (tertiary/aromatic N) is 2. The van der Waals surface area contributed by atoms with Gasteiger partial charge in [-0.15, -0.1) is 0 Å². The lowest BCUT2D eigenvalue weighted by Crippen LogP contribution is -2.50. The van der Waals surface area contributed by atoms with Crippen LogP contribution in [-0.2, 0) is 16.0 Å². The molecule has 0 aromatic heterocycles. The Kier molecular flexibility index (Phi) is 7.56. The van der Waals surface area contributed by atoms with Gasteiger partial charge in [0, 0.05) is 37.1 Å². The summed E-state index contributed by atoms with van der Waals surface area (Å²) in [5, 5.41) is 0. The molecule has 24 heavy (non-hydrogen) atoms. The van der Waals surface area contributed by atoms with Crippen molar-refractivity contribution in [3.05, 3.63) is 34.3 Å². The minimum Gasteiger partial charge on any atom is -0.450 e. The number of amides is 2. The summed E-state index contributed by atoms with van der Waals surface area (Å²) >= 11 is 3.43. The molecule has 0 saturated carbocycles. The zero-order chi connectivity index (χ0) is 17.4. The molecule has 0 atom stereocenters. The number of carbonyl (C=O) groups excluding carboxylic acids is 2. The quantitative estimate of drug-likeness (QED) is 0.691. The van der Waals surface area contributed by atoms with Crippen molar-refractivity contribution >= 4 is 27.9 Å². The molecule has 1 aromatic carbocycles. The Morgan fingerprint density at radius 3 is 2.29 bits per heavy atom.